The molecule has 1 N–H and O–H groups in total. The number of nitrogens with zero attached hydrogens (tertiary/aromatic N) is 4. The summed E-state index contributed by atoms with van der Waals surface area (Å²) < 4.78 is 0. The monoisotopic (exact) mass is 325 g/mol. The van der Waals surface area contributed by atoms with Crippen molar-refractivity contribution in [3.63, 3.8) is 0 Å². The normalized spacial score (nSPS) is 10.7. The number of nitrogens with one attached hydrogen (secondary N) is 1. The van der Waals surface area contributed by atoms with Crippen molar-refractivity contribution >= 4 is 17.2 Å². The highest BCUT2D eigenvalue weighted by atomic mass is 32.1. The van der Waals surface area contributed by atoms with Crippen molar-refractivity contribution in [2.24, 2.45) is 0 Å². The Kier molecular flexibility index (Phi) is 4.92. The number of pyridine rings is 1. The van der Waals surface area contributed by atoms with E-state index < -0.39 is 0 Å². The summed E-state index contributed by atoms with van der Waals surface area (Å²) in [6, 6.07) is 7.76. The Hall–Kier alpha value is -2.34. The molecule has 0 unspecified atom stereocenters. The van der Waals surface area contributed by atoms with Gasteiger partial charge in [-0.15, -0.1) is 11.3 Å². The fraction of sp³-hybridized carbons (Fsp3) is 0.294. The van der Waals surface area contributed by atoms with Gasteiger partial charge in [0.25, 0.3) is 0 Å². The fourth-order valence-corrected chi connectivity index (χ4v) is 2.87. The summed E-state index contributed by atoms with van der Waals surface area (Å²) >= 11 is 1.68. The number of hydrogen-bond acceptors (Lipinski definition) is 6. The Bertz CT molecular complexity index is 770. The molecule has 0 aliphatic carbocycles. The Morgan fingerprint density at radius 1 is 1.13 bits per heavy atom. The van der Waals surface area contributed by atoms with Crippen molar-refractivity contribution in [1.29, 1.82) is 0 Å². The van der Waals surface area contributed by atoms with E-state index in [1.807, 2.05) is 31.2 Å². The van der Waals surface area contributed by atoms with Gasteiger partial charge >= 0.3 is 0 Å². The molecule has 0 saturated carbocycles. The second-order valence-corrected chi connectivity index (χ2v) is 6.23. The summed E-state index contributed by atoms with van der Waals surface area (Å²) in [5.41, 5.74) is 2.92. The van der Waals surface area contributed by atoms with Crippen LogP contribution in [0.5, 0.6) is 0 Å². The second-order valence-electron chi connectivity index (χ2n) is 5.17. The van der Waals surface area contributed by atoms with Crippen molar-refractivity contribution in [1.82, 2.24) is 19.9 Å². The molecule has 5 nitrogen and oxygen atoms in total. The van der Waals surface area contributed by atoms with Gasteiger partial charge < -0.3 is 5.32 Å². The van der Waals surface area contributed by atoms with Gasteiger partial charge in [0.2, 0.25) is 0 Å². The molecule has 0 radical (unpaired) electrons. The molecule has 0 atom stereocenters. The van der Waals surface area contributed by atoms with Crippen LogP contribution in [0.3, 0.4) is 0 Å². The molecule has 23 heavy (non-hydrogen) atoms. The summed E-state index contributed by atoms with van der Waals surface area (Å²) in [5, 5.41) is 6.58. The Morgan fingerprint density at radius 3 is 2.74 bits per heavy atom. The van der Waals surface area contributed by atoms with E-state index in [0.29, 0.717) is 5.82 Å². The van der Waals surface area contributed by atoms with E-state index in [4.69, 9.17) is 0 Å². The highest BCUT2D eigenvalue weighted by molar-refractivity contribution is 7.09. The molecule has 6 heteroatoms. The van der Waals surface area contributed by atoms with Gasteiger partial charge in [-0.25, -0.2) is 15.0 Å². The van der Waals surface area contributed by atoms with Crippen LogP contribution in [0.25, 0.3) is 11.5 Å². The number of anilines is 1. The third-order valence-electron chi connectivity index (χ3n) is 3.39. The van der Waals surface area contributed by atoms with Crippen LogP contribution in [0.15, 0.2) is 35.8 Å². The van der Waals surface area contributed by atoms with Gasteiger partial charge in [0.15, 0.2) is 5.82 Å². The third-order valence-corrected chi connectivity index (χ3v) is 4.21. The van der Waals surface area contributed by atoms with Crippen LogP contribution in [0.4, 0.5) is 5.82 Å². The first-order valence-electron chi connectivity index (χ1n) is 7.69. The van der Waals surface area contributed by atoms with Gasteiger partial charge in [-0.3, -0.25) is 4.98 Å². The molecule has 0 spiro atoms. The molecular weight excluding hydrogens is 306 g/mol. The summed E-state index contributed by atoms with van der Waals surface area (Å²) in [4.78, 5) is 18.0. The SMILES string of the molecule is CCc1cc(NCCc2csc(C)n2)nc(-c2ccccn2)n1. The molecular formula is C17H19N5S. The van der Waals surface area contributed by atoms with Crippen LogP contribution in [-0.4, -0.2) is 26.5 Å². The lowest BCUT2D eigenvalue weighted by Crippen LogP contribution is -2.08. The average molecular weight is 325 g/mol. The summed E-state index contributed by atoms with van der Waals surface area (Å²) in [6.07, 6.45) is 3.51. The van der Waals surface area contributed by atoms with Crippen LogP contribution in [0.1, 0.15) is 23.3 Å². The zero-order chi connectivity index (χ0) is 16.1. The maximum atomic E-state index is 4.59. The van der Waals surface area contributed by atoms with Crippen LogP contribution in [0, 0.1) is 6.92 Å². The number of aryl methyl sites for hydroxylation is 2. The van der Waals surface area contributed by atoms with E-state index >= 15 is 0 Å². The number of aromatic nitrogens is 4. The minimum atomic E-state index is 0.664. The lowest BCUT2D eigenvalue weighted by Gasteiger charge is -2.08. The van der Waals surface area contributed by atoms with E-state index in [1.165, 1.54) is 0 Å². The lowest BCUT2D eigenvalue weighted by atomic mass is 10.2. The molecule has 3 aromatic rings. The predicted molar refractivity (Wildman–Crippen MR) is 93.7 cm³/mol. The van der Waals surface area contributed by atoms with Crippen molar-refractivity contribution in [2.45, 2.75) is 26.7 Å². The van der Waals surface area contributed by atoms with Gasteiger partial charge in [-0.05, 0) is 25.5 Å². The molecule has 118 valence electrons. The van der Waals surface area contributed by atoms with Gasteiger partial charge in [-0.2, -0.15) is 0 Å². The first kappa shape index (κ1) is 15.6. The van der Waals surface area contributed by atoms with Crippen LogP contribution in [-0.2, 0) is 12.8 Å². The van der Waals surface area contributed by atoms with Crippen molar-refractivity contribution < 1.29 is 0 Å². The van der Waals surface area contributed by atoms with Crippen LogP contribution >= 0.6 is 11.3 Å². The summed E-state index contributed by atoms with van der Waals surface area (Å²) in [6.45, 7) is 4.91. The van der Waals surface area contributed by atoms with Gasteiger partial charge in [0, 0.05) is 36.3 Å². The molecule has 3 heterocycles. The third kappa shape index (κ3) is 4.10. The molecule has 0 amide bonds. The number of hydrogen-bond donors (Lipinski definition) is 1. The molecule has 0 saturated heterocycles. The van der Waals surface area contributed by atoms with Crippen LogP contribution < -0.4 is 5.32 Å². The Morgan fingerprint density at radius 2 is 2.04 bits per heavy atom. The first-order valence-corrected chi connectivity index (χ1v) is 8.57. The standard InChI is InChI=1S/C17H19N5S/c1-3-13-10-16(19-9-7-14-11-23-12(2)20-14)22-17(21-13)15-6-4-5-8-18-15/h4-6,8,10-11H,3,7,9H2,1-2H3,(H,19,21,22). The smallest absolute Gasteiger partial charge is 0.180 e. The maximum Gasteiger partial charge on any atom is 0.180 e. The topological polar surface area (TPSA) is 63.6 Å². The molecule has 0 bridgehead atoms. The zero-order valence-electron chi connectivity index (χ0n) is 13.3. The van der Waals surface area contributed by atoms with E-state index in [1.54, 1.807) is 17.5 Å². The predicted octanol–water partition coefficient (Wildman–Crippen LogP) is 3.52. The van der Waals surface area contributed by atoms with E-state index in [2.05, 4.69) is 37.6 Å². The molecule has 0 aliphatic rings. The quantitative estimate of drug-likeness (QED) is 0.751. The van der Waals surface area contributed by atoms with E-state index in [-0.39, 0.29) is 0 Å². The molecule has 0 aliphatic heterocycles. The van der Waals surface area contributed by atoms with Crippen molar-refractivity contribution in [2.75, 3.05) is 11.9 Å². The van der Waals surface area contributed by atoms with Crippen LogP contribution in [0.2, 0.25) is 0 Å². The second kappa shape index (κ2) is 7.28. The highest BCUT2D eigenvalue weighted by Gasteiger charge is 2.07. The highest BCUT2D eigenvalue weighted by Crippen LogP contribution is 2.16. The minimum Gasteiger partial charge on any atom is -0.370 e. The van der Waals surface area contributed by atoms with Gasteiger partial charge in [0.1, 0.15) is 11.5 Å². The average Bonchev–Trinajstić information content (AvgIpc) is 3.00. The summed E-state index contributed by atoms with van der Waals surface area (Å²) in [5.74, 6) is 1.50. The number of thiazole rings is 1. The largest absolute Gasteiger partial charge is 0.370 e. The molecule has 0 fully saturated rings. The Balaban J connectivity index is 1.73. The molecule has 3 rings (SSSR count). The molecule has 3 aromatic heterocycles. The van der Waals surface area contributed by atoms with Crippen molar-refractivity contribution in [3.05, 3.63) is 52.2 Å². The van der Waals surface area contributed by atoms with E-state index in [9.17, 15) is 0 Å². The lowest BCUT2D eigenvalue weighted by molar-refractivity contribution is 0.945. The molecule has 0 aromatic carbocycles. The fourth-order valence-electron chi connectivity index (χ4n) is 2.22. The Labute approximate surface area is 139 Å². The van der Waals surface area contributed by atoms with E-state index in [0.717, 1.165) is 47.3 Å². The minimum absolute atomic E-state index is 0.664. The van der Waals surface area contributed by atoms with Gasteiger partial charge in [0.05, 0.1) is 10.7 Å². The maximum absolute atomic E-state index is 4.59. The summed E-state index contributed by atoms with van der Waals surface area (Å²) in [7, 11) is 0. The zero-order valence-corrected chi connectivity index (χ0v) is 14.1. The van der Waals surface area contributed by atoms with Crippen molar-refractivity contribution in [3.8, 4) is 11.5 Å². The first-order chi connectivity index (χ1) is 11.2. The number of rotatable bonds is 6. The van der Waals surface area contributed by atoms with Gasteiger partial charge in [-0.1, -0.05) is 13.0 Å².